The largest absolute Gasteiger partial charge is 0.365 e. The summed E-state index contributed by atoms with van der Waals surface area (Å²) in [5.41, 5.74) is 0.661. The Morgan fingerprint density at radius 3 is 2.58 bits per heavy atom. The van der Waals surface area contributed by atoms with Gasteiger partial charge >= 0.3 is 0 Å². The first kappa shape index (κ1) is 15.7. The molecule has 26 heavy (non-hydrogen) atoms. The highest BCUT2D eigenvalue weighted by Gasteiger charge is 2.29. The van der Waals surface area contributed by atoms with Gasteiger partial charge in [0.25, 0.3) is 5.89 Å². The second-order valence-corrected chi connectivity index (χ2v) is 7.40. The lowest BCUT2D eigenvalue weighted by molar-refractivity contribution is 0.263. The number of piperidine rings is 1. The molecule has 1 N–H and O–H groups in total. The molecule has 2 aliphatic rings. The molecular formula is C19H22N6O. The number of anilines is 1. The van der Waals surface area contributed by atoms with E-state index in [1.54, 1.807) is 0 Å². The van der Waals surface area contributed by atoms with E-state index in [0.717, 1.165) is 61.2 Å². The summed E-state index contributed by atoms with van der Waals surface area (Å²) < 4.78 is 5.47. The zero-order valence-corrected chi connectivity index (χ0v) is 14.9. The van der Waals surface area contributed by atoms with Gasteiger partial charge < -0.3 is 14.7 Å². The van der Waals surface area contributed by atoms with E-state index in [1.807, 2.05) is 18.2 Å². The topological polar surface area (TPSA) is 80.0 Å². The van der Waals surface area contributed by atoms with Crippen molar-refractivity contribution in [2.45, 2.75) is 37.6 Å². The molecule has 1 saturated carbocycles. The number of hydrogen-bond donors (Lipinski definition) is 1. The SMILES string of the molecule is CN1CCC(Nc2nnc(-c3nc(C4CC4)no3)c3ccccc23)CC1. The standard InChI is InChI=1S/C19H22N6O/c1-25-10-8-13(9-11-25)20-18-15-5-3-2-4-14(15)16(22-23-18)19-21-17(24-26-19)12-6-7-12/h2-5,12-13H,6-11H2,1H3,(H,20,23). The van der Waals surface area contributed by atoms with Gasteiger partial charge in [-0.25, -0.2) is 0 Å². The molecule has 1 aromatic carbocycles. The summed E-state index contributed by atoms with van der Waals surface area (Å²) in [6.45, 7) is 2.21. The highest BCUT2D eigenvalue weighted by Crippen LogP contribution is 2.39. The maximum atomic E-state index is 5.47. The van der Waals surface area contributed by atoms with E-state index < -0.39 is 0 Å². The first-order valence-corrected chi connectivity index (χ1v) is 9.32. The second kappa shape index (κ2) is 6.32. The predicted octanol–water partition coefficient (Wildman–Crippen LogP) is 3.06. The molecule has 7 nitrogen and oxygen atoms in total. The fourth-order valence-electron chi connectivity index (χ4n) is 3.55. The minimum atomic E-state index is 0.430. The molecule has 5 rings (SSSR count). The minimum absolute atomic E-state index is 0.430. The van der Waals surface area contributed by atoms with Crippen molar-refractivity contribution in [3.63, 3.8) is 0 Å². The molecule has 134 valence electrons. The Hall–Kier alpha value is -2.54. The van der Waals surface area contributed by atoms with Crippen molar-refractivity contribution in [2.75, 3.05) is 25.5 Å². The van der Waals surface area contributed by atoms with Crippen molar-refractivity contribution in [2.24, 2.45) is 0 Å². The lowest BCUT2D eigenvalue weighted by Gasteiger charge is -2.29. The van der Waals surface area contributed by atoms with E-state index in [0.29, 0.717) is 23.5 Å². The second-order valence-electron chi connectivity index (χ2n) is 7.40. The summed E-state index contributed by atoms with van der Waals surface area (Å²) in [5.74, 6) is 2.54. The zero-order valence-electron chi connectivity index (χ0n) is 14.9. The number of nitrogens with one attached hydrogen (secondary N) is 1. The molecule has 7 heteroatoms. The van der Waals surface area contributed by atoms with Gasteiger partial charge in [-0.3, -0.25) is 0 Å². The van der Waals surface area contributed by atoms with Crippen molar-refractivity contribution in [3.05, 3.63) is 30.1 Å². The van der Waals surface area contributed by atoms with Crippen LogP contribution in [0.2, 0.25) is 0 Å². The van der Waals surface area contributed by atoms with Crippen molar-refractivity contribution in [1.29, 1.82) is 0 Å². The summed E-state index contributed by atoms with van der Waals surface area (Å²) in [4.78, 5) is 6.90. The summed E-state index contributed by atoms with van der Waals surface area (Å²) in [7, 11) is 2.17. The highest BCUT2D eigenvalue weighted by molar-refractivity contribution is 5.98. The third-order valence-corrected chi connectivity index (χ3v) is 5.33. The lowest BCUT2D eigenvalue weighted by Crippen LogP contribution is -2.37. The number of benzene rings is 1. The van der Waals surface area contributed by atoms with Crippen LogP contribution in [0, 0.1) is 0 Å². The molecule has 3 heterocycles. The third kappa shape index (κ3) is 2.92. The van der Waals surface area contributed by atoms with Crippen LogP contribution in [0.1, 0.15) is 37.4 Å². The van der Waals surface area contributed by atoms with Gasteiger partial charge in [0.1, 0.15) is 0 Å². The fourth-order valence-corrected chi connectivity index (χ4v) is 3.55. The van der Waals surface area contributed by atoms with Gasteiger partial charge in [-0.15, -0.1) is 10.2 Å². The van der Waals surface area contributed by atoms with Crippen LogP contribution in [-0.4, -0.2) is 51.4 Å². The van der Waals surface area contributed by atoms with Gasteiger partial charge in [-0.05, 0) is 45.8 Å². The third-order valence-electron chi connectivity index (χ3n) is 5.33. The maximum absolute atomic E-state index is 5.47. The van der Waals surface area contributed by atoms with Crippen LogP contribution in [0.4, 0.5) is 5.82 Å². The molecular weight excluding hydrogens is 328 g/mol. The molecule has 0 bridgehead atoms. The number of likely N-dealkylation sites (tertiary alicyclic amines) is 1. The van der Waals surface area contributed by atoms with Gasteiger partial charge in [0, 0.05) is 22.7 Å². The van der Waals surface area contributed by atoms with Crippen LogP contribution in [-0.2, 0) is 0 Å². The van der Waals surface area contributed by atoms with Gasteiger partial charge in [-0.2, -0.15) is 4.98 Å². The highest BCUT2D eigenvalue weighted by atomic mass is 16.5. The Morgan fingerprint density at radius 2 is 1.81 bits per heavy atom. The number of hydrogen-bond acceptors (Lipinski definition) is 7. The monoisotopic (exact) mass is 350 g/mol. The van der Waals surface area contributed by atoms with Crippen molar-refractivity contribution in [3.8, 4) is 11.6 Å². The number of nitrogens with zero attached hydrogens (tertiary/aromatic N) is 5. The minimum Gasteiger partial charge on any atom is -0.365 e. The molecule has 1 aliphatic carbocycles. The Balaban J connectivity index is 1.49. The van der Waals surface area contributed by atoms with Crippen LogP contribution in [0.3, 0.4) is 0 Å². The van der Waals surface area contributed by atoms with Gasteiger partial charge in [-0.1, -0.05) is 29.4 Å². The molecule has 0 atom stereocenters. The molecule has 0 unspecified atom stereocenters. The number of fused-ring (bicyclic) bond motifs is 1. The van der Waals surface area contributed by atoms with Crippen LogP contribution in [0.15, 0.2) is 28.8 Å². The summed E-state index contributed by atoms with van der Waals surface area (Å²) >= 11 is 0. The normalized spacial score (nSPS) is 19.1. The van der Waals surface area contributed by atoms with E-state index in [9.17, 15) is 0 Å². The van der Waals surface area contributed by atoms with Crippen LogP contribution in [0.5, 0.6) is 0 Å². The molecule has 0 amide bonds. The lowest BCUT2D eigenvalue weighted by atomic mass is 10.0. The maximum Gasteiger partial charge on any atom is 0.279 e. The molecule has 0 radical (unpaired) electrons. The summed E-state index contributed by atoms with van der Waals surface area (Å²) in [6.07, 6.45) is 4.51. The van der Waals surface area contributed by atoms with E-state index in [2.05, 4.69) is 43.7 Å². The Labute approximate surface area is 151 Å². The molecule has 2 aromatic heterocycles. The summed E-state index contributed by atoms with van der Waals surface area (Å²) in [6, 6.07) is 8.57. The molecule has 1 aliphatic heterocycles. The fraction of sp³-hybridized carbons (Fsp3) is 0.474. The van der Waals surface area contributed by atoms with Gasteiger partial charge in [0.15, 0.2) is 17.3 Å². The Morgan fingerprint density at radius 1 is 1.04 bits per heavy atom. The van der Waals surface area contributed by atoms with Crippen molar-refractivity contribution >= 4 is 16.6 Å². The first-order chi connectivity index (χ1) is 12.8. The first-order valence-electron chi connectivity index (χ1n) is 9.32. The van der Waals surface area contributed by atoms with Crippen LogP contribution in [0.25, 0.3) is 22.4 Å². The number of rotatable bonds is 4. The zero-order chi connectivity index (χ0) is 17.5. The molecule has 0 spiro atoms. The molecule has 2 fully saturated rings. The number of aromatic nitrogens is 4. The van der Waals surface area contributed by atoms with Crippen molar-refractivity contribution < 1.29 is 4.52 Å². The Kier molecular flexibility index (Phi) is 3.81. The molecule has 3 aromatic rings. The average molecular weight is 350 g/mol. The predicted molar refractivity (Wildman–Crippen MR) is 98.9 cm³/mol. The quantitative estimate of drug-likeness (QED) is 0.774. The smallest absolute Gasteiger partial charge is 0.279 e. The van der Waals surface area contributed by atoms with E-state index in [4.69, 9.17) is 4.52 Å². The van der Waals surface area contributed by atoms with Gasteiger partial charge in [0.2, 0.25) is 0 Å². The van der Waals surface area contributed by atoms with Crippen LogP contribution < -0.4 is 5.32 Å². The average Bonchev–Trinajstić information content (AvgIpc) is 3.41. The molecule has 1 saturated heterocycles. The van der Waals surface area contributed by atoms with E-state index in [-0.39, 0.29) is 0 Å². The summed E-state index contributed by atoms with van der Waals surface area (Å²) in [5, 5.41) is 18.6. The van der Waals surface area contributed by atoms with E-state index >= 15 is 0 Å². The van der Waals surface area contributed by atoms with Crippen molar-refractivity contribution in [1.82, 2.24) is 25.2 Å². The van der Waals surface area contributed by atoms with Gasteiger partial charge in [0.05, 0.1) is 0 Å². The van der Waals surface area contributed by atoms with Crippen LogP contribution >= 0.6 is 0 Å². The van der Waals surface area contributed by atoms with E-state index in [1.165, 1.54) is 0 Å². The Bertz CT molecular complexity index is 927.